The van der Waals surface area contributed by atoms with Gasteiger partial charge in [0, 0.05) is 6.42 Å². The first-order valence-electron chi connectivity index (χ1n) is 6.32. The van der Waals surface area contributed by atoms with E-state index in [1.165, 1.54) is 24.0 Å². The molecule has 0 aliphatic heterocycles. The predicted octanol–water partition coefficient (Wildman–Crippen LogP) is 3.87. The Labute approximate surface area is 99.5 Å². The third-order valence-corrected chi connectivity index (χ3v) is 3.15. The fourth-order valence-electron chi connectivity index (χ4n) is 2.06. The molecule has 16 heavy (non-hydrogen) atoms. The number of benzene rings is 1. The van der Waals surface area contributed by atoms with Gasteiger partial charge in [0.2, 0.25) is 0 Å². The Morgan fingerprint density at radius 2 is 1.88 bits per heavy atom. The normalized spacial score (nSPS) is 14.8. The summed E-state index contributed by atoms with van der Waals surface area (Å²) in [6.07, 6.45) is 5.21. The highest BCUT2D eigenvalue weighted by molar-refractivity contribution is 5.26. The van der Waals surface area contributed by atoms with Gasteiger partial charge in [-0.3, -0.25) is 0 Å². The highest BCUT2D eigenvalue weighted by atomic mass is 16.3. The first kappa shape index (κ1) is 13.2. The average molecular weight is 220 g/mol. The van der Waals surface area contributed by atoms with Crippen molar-refractivity contribution in [1.29, 1.82) is 0 Å². The van der Waals surface area contributed by atoms with Crippen molar-refractivity contribution in [1.82, 2.24) is 0 Å². The second-order valence-corrected chi connectivity index (χ2v) is 5.06. The van der Waals surface area contributed by atoms with Gasteiger partial charge < -0.3 is 5.11 Å². The first-order chi connectivity index (χ1) is 7.55. The molecule has 1 rings (SSSR count). The molecule has 1 nitrogen and oxygen atoms in total. The lowest BCUT2D eigenvalue weighted by molar-refractivity contribution is 0.0484. The minimum absolute atomic E-state index is 0.554. The van der Waals surface area contributed by atoms with Crippen molar-refractivity contribution in [2.45, 2.75) is 58.5 Å². The van der Waals surface area contributed by atoms with Crippen molar-refractivity contribution in [2.75, 3.05) is 0 Å². The van der Waals surface area contributed by atoms with Crippen LogP contribution >= 0.6 is 0 Å². The highest BCUT2D eigenvalue weighted by Gasteiger charge is 2.20. The molecule has 1 unspecified atom stereocenters. The quantitative estimate of drug-likeness (QED) is 0.722. The van der Waals surface area contributed by atoms with Crippen LogP contribution in [0, 0.1) is 6.92 Å². The van der Waals surface area contributed by atoms with Gasteiger partial charge in [-0.15, -0.1) is 0 Å². The lowest BCUT2D eigenvalue weighted by Gasteiger charge is -2.24. The van der Waals surface area contributed by atoms with E-state index in [-0.39, 0.29) is 0 Å². The van der Waals surface area contributed by atoms with Crippen LogP contribution in [-0.2, 0) is 6.42 Å². The van der Waals surface area contributed by atoms with Gasteiger partial charge in [-0.2, -0.15) is 0 Å². The Morgan fingerprint density at radius 1 is 1.19 bits per heavy atom. The Kier molecular flexibility index (Phi) is 5.01. The molecular formula is C15H24O. The molecule has 0 radical (unpaired) electrons. The van der Waals surface area contributed by atoms with Gasteiger partial charge in [0.15, 0.2) is 0 Å². The van der Waals surface area contributed by atoms with E-state index >= 15 is 0 Å². The third kappa shape index (κ3) is 4.36. The summed E-state index contributed by atoms with van der Waals surface area (Å²) in [5.41, 5.74) is 1.99. The van der Waals surface area contributed by atoms with Gasteiger partial charge in [-0.05, 0) is 31.4 Å². The van der Waals surface area contributed by atoms with Crippen molar-refractivity contribution < 1.29 is 5.11 Å². The van der Waals surface area contributed by atoms with E-state index < -0.39 is 5.60 Å². The molecule has 0 bridgehead atoms. The molecule has 0 fully saturated rings. The number of rotatable bonds is 6. The topological polar surface area (TPSA) is 20.2 Å². The summed E-state index contributed by atoms with van der Waals surface area (Å²) >= 11 is 0. The molecule has 0 saturated carbocycles. The van der Waals surface area contributed by atoms with Crippen LogP contribution in [0.5, 0.6) is 0 Å². The van der Waals surface area contributed by atoms with Crippen molar-refractivity contribution in [3.8, 4) is 0 Å². The number of unbranched alkanes of at least 4 members (excludes halogenated alkanes) is 2. The van der Waals surface area contributed by atoms with E-state index in [2.05, 4.69) is 26.0 Å². The summed E-state index contributed by atoms with van der Waals surface area (Å²) in [4.78, 5) is 0. The van der Waals surface area contributed by atoms with Crippen LogP contribution in [0.2, 0.25) is 0 Å². The van der Waals surface area contributed by atoms with Gasteiger partial charge in [0.25, 0.3) is 0 Å². The minimum Gasteiger partial charge on any atom is -0.390 e. The van der Waals surface area contributed by atoms with Gasteiger partial charge >= 0.3 is 0 Å². The van der Waals surface area contributed by atoms with Gasteiger partial charge in [0.1, 0.15) is 0 Å². The predicted molar refractivity (Wildman–Crippen MR) is 69.6 cm³/mol. The molecule has 0 aromatic heterocycles. The maximum atomic E-state index is 10.3. The molecule has 0 aliphatic carbocycles. The minimum atomic E-state index is -0.554. The third-order valence-electron chi connectivity index (χ3n) is 3.15. The van der Waals surface area contributed by atoms with Crippen LogP contribution < -0.4 is 0 Å². The zero-order valence-corrected chi connectivity index (χ0v) is 10.8. The SMILES string of the molecule is CCCCCC(C)(O)Cc1ccccc1C. The average Bonchev–Trinajstić information content (AvgIpc) is 2.21. The highest BCUT2D eigenvalue weighted by Crippen LogP contribution is 2.21. The van der Waals surface area contributed by atoms with Crippen LogP contribution in [0.4, 0.5) is 0 Å². The molecule has 1 N–H and O–H groups in total. The van der Waals surface area contributed by atoms with Crippen LogP contribution in [0.3, 0.4) is 0 Å². The summed E-state index contributed by atoms with van der Waals surface area (Å²) < 4.78 is 0. The Hall–Kier alpha value is -0.820. The number of hydrogen-bond donors (Lipinski definition) is 1. The fourth-order valence-corrected chi connectivity index (χ4v) is 2.06. The van der Waals surface area contributed by atoms with E-state index in [9.17, 15) is 5.11 Å². The molecule has 1 heteroatoms. The zero-order valence-electron chi connectivity index (χ0n) is 10.8. The molecule has 0 spiro atoms. The van der Waals surface area contributed by atoms with Crippen LogP contribution in [0.1, 0.15) is 50.7 Å². The Balaban J connectivity index is 2.55. The van der Waals surface area contributed by atoms with E-state index in [0.29, 0.717) is 0 Å². The molecule has 0 heterocycles. The van der Waals surface area contributed by atoms with Gasteiger partial charge in [0.05, 0.1) is 5.60 Å². The van der Waals surface area contributed by atoms with E-state index in [1.807, 2.05) is 19.1 Å². The maximum Gasteiger partial charge on any atom is 0.0660 e. The molecule has 0 aliphatic rings. The van der Waals surface area contributed by atoms with Gasteiger partial charge in [-0.1, -0.05) is 50.5 Å². The second kappa shape index (κ2) is 6.05. The number of aryl methyl sites for hydroxylation is 1. The smallest absolute Gasteiger partial charge is 0.0660 e. The van der Waals surface area contributed by atoms with E-state index in [0.717, 1.165) is 19.3 Å². The monoisotopic (exact) mass is 220 g/mol. The summed E-state index contributed by atoms with van der Waals surface area (Å²) in [5, 5.41) is 10.3. The standard InChI is InChI=1S/C15H24O/c1-4-5-8-11-15(3,16)12-14-10-7-6-9-13(14)2/h6-7,9-10,16H,4-5,8,11-12H2,1-3H3. The number of hydrogen-bond acceptors (Lipinski definition) is 1. The first-order valence-corrected chi connectivity index (χ1v) is 6.32. The van der Waals surface area contributed by atoms with Crippen LogP contribution in [-0.4, -0.2) is 10.7 Å². The second-order valence-electron chi connectivity index (χ2n) is 5.06. The largest absolute Gasteiger partial charge is 0.390 e. The lowest BCUT2D eigenvalue weighted by atomic mass is 9.89. The van der Waals surface area contributed by atoms with Crippen LogP contribution in [0.25, 0.3) is 0 Å². The molecule has 1 aromatic carbocycles. The molecular weight excluding hydrogens is 196 g/mol. The molecule has 1 atom stereocenters. The molecule has 0 amide bonds. The zero-order chi connectivity index (χ0) is 12.0. The van der Waals surface area contributed by atoms with Crippen molar-refractivity contribution >= 4 is 0 Å². The molecule has 90 valence electrons. The lowest BCUT2D eigenvalue weighted by Crippen LogP contribution is -2.27. The van der Waals surface area contributed by atoms with Crippen LogP contribution in [0.15, 0.2) is 24.3 Å². The summed E-state index contributed by atoms with van der Waals surface area (Å²) in [5.74, 6) is 0. The number of aliphatic hydroxyl groups is 1. The van der Waals surface area contributed by atoms with E-state index in [1.54, 1.807) is 0 Å². The van der Waals surface area contributed by atoms with E-state index in [4.69, 9.17) is 0 Å². The Bertz CT molecular complexity index is 315. The van der Waals surface area contributed by atoms with Crippen molar-refractivity contribution in [3.63, 3.8) is 0 Å². The summed E-state index contributed by atoms with van der Waals surface area (Å²) in [6, 6.07) is 8.32. The summed E-state index contributed by atoms with van der Waals surface area (Å²) in [6.45, 7) is 6.25. The Morgan fingerprint density at radius 3 is 2.50 bits per heavy atom. The van der Waals surface area contributed by atoms with Gasteiger partial charge in [-0.25, -0.2) is 0 Å². The fraction of sp³-hybridized carbons (Fsp3) is 0.600. The summed E-state index contributed by atoms with van der Waals surface area (Å²) in [7, 11) is 0. The molecule has 1 aromatic rings. The van der Waals surface area contributed by atoms with Crippen molar-refractivity contribution in [2.24, 2.45) is 0 Å². The maximum absolute atomic E-state index is 10.3. The molecule has 0 saturated heterocycles. The van der Waals surface area contributed by atoms with Crippen molar-refractivity contribution in [3.05, 3.63) is 35.4 Å².